The SMILES string of the molecule is NC(=O)c1cccc2c(-c3nc4c(c(NCc5ccccc5)n3)COCCC4)[nH]cc12. The highest BCUT2D eigenvalue weighted by Crippen LogP contribution is 2.31. The molecule has 31 heavy (non-hydrogen) atoms. The van der Waals surface area contributed by atoms with Gasteiger partial charge in [-0.15, -0.1) is 0 Å². The fourth-order valence-corrected chi connectivity index (χ4v) is 4.01. The average Bonchev–Trinajstić information content (AvgIpc) is 3.08. The van der Waals surface area contributed by atoms with E-state index in [9.17, 15) is 4.79 Å². The van der Waals surface area contributed by atoms with Gasteiger partial charge in [-0.3, -0.25) is 4.79 Å². The van der Waals surface area contributed by atoms with Crippen LogP contribution < -0.4 is 11.1 Å². The van der Waals surface area contributed by atoms with E-state index in [1.165, 1.54) is 5.56 Å². The van der Waals surface area contributed by atoms with Crippen molar-refractivity contribution < 1.29 is 9.53 Å². The topological polar surface area (TPSA) is 106 Å². The first kappa shape index (κ1) is 19.3. The molecule has 0 saturated heterocycles. The molecule has 7 nitrogen and oxygen atoms in total. The summed E-state index contributed by atoms with van der Waals surface area (Å²) in [7, 11) is 0. The van der Waals surface area contributed by atoms with Gasteiger partial charge >= 0.3 is 0 Å². The van der Waals surface area contributed by atoms with E-state index in [0.717, 1.165) is 46.4 Å². The van der Waals surface area contributed by atoms with Gasteiger partial charge in [-0.2, -0.15) is 0 Å². The summed E-state index contributed by atoms with van der Waals surface area (Å²) in [6.45, 7) is 1.85. The van der Waals surface area contributed by atoms with Crippen LogP contribution in [0.5, 0.6) is 0 Å². The number of amides is 1. The molecular formula is C24H23N5O2. The molecule has 0 radical (unpaired) electrons. The van der Waals surface area contributed by atoms with Crippen LogP contribution in [0.2, 0.25) is 0 Å². The molecule has 0 aliphatic carbocycles. The summed E-state index contributed by atoms with van der Waals surface area (Å²) in [5.41, 5.74) is 9.96. The molecule has 0 spiro atoms. The van der Waals surface area contributed by atoms with Crippen molar-refractivity contribution in [2.24, 2.45) is 5.73 Å². The number of anilines is 1. The number of nitrogens with zero attached hydrogens (tertiary/aromatic N) is 2. The van der Waals surface area contributed by atoms with Gasteiger partial charge in [-0.05, 0) is 24.5 Å². The molecule has 0 saturated carbocycles. The zero-order valence-electron chi connectivity index (χ0n) is 17.0. The van der Waals surface area contributed by atoms with Crippen molar-refractivity contribution in [1.82, 2.24) is 15.0 Å². The number of ether oxygens (including phenoxy) is 1. The molecule has 7 heteroatoms. The first-order valence-corrected chi connectivity index (χ1v) is 10.4. The summed E-state index contributed by atoms with van der Waals surface area (Å²) < 4.78 is 5.78. The van der Waals surface area contributed by atoms with Crippen molar-refractivity contribution in [2.45, 2.75) is 26.0 Å². The molecule has 2 aromatic heterocycles. The minimum atomic E-state index is -0.457. The molecule has 0 fully saturated rings. The van der Waals surface area contributed by atoms with Crippen LogP contribution in [0, 0.1) is 0 Å². The Kier molecular flexibility index (Phi) is 5.09. The maximum Gasteiger partial charge on any atom is 0.249 e. The van der Waals surface area contributed by atoms with Crippen LogP contribution in [0.15, 0.2) is 54.7 Å². The van der Waals surface area contributed by atoms with Crippen molar-refractivity contribution in [3.8, 4) is 11.5 Å². The predicted octanol–water partition coefficient (Wildman–Crippen LogP) is 3.80. The Labute approximate surface area is 179 Å². The van der Waals surface area contributed by atoms with Gasteiger partial charge in [0.2, 0.25) is 5.91 Å². The maximum absolute atomic E-state index is 11.8. The Morgan fingerprint density at radius 1 is 1.10 bits per heavy atom. The summed E-state index contributed by atoms with van der Waals surface area (Å²) in [6.07, 6.45) is 3.54. The van der Waals surface area contributed by atoms with Crippen LogP contribution in [-0.4, -0.2) is 27.5 Å². The molecule has 4 N–H and O–H groups in total. The lowest BCUT2D eigenvalue weighted by Gasteiger charge is -2.15. The van der Waals surface area contributed by atoms with Gasteiger partial charge in [-0.1, -0.05) is 42.5 Å². The van der Waals surface area contributed by atoms with Gasteiger partial charge in [0.25, 0.3) is 0 Å². The molecule has 1 amide bonds. The van der Waals surface area contributed by atoms with E-state index in [1.807, 2.05) is 30.3 Å². The van der Waals surface area contributed by atoms with E-state index < -0.39 is 5.91 Å². The molecule has 2 aromatic carbocycles. The lowest BCUT2D eigenvalue weighted by atomic mass is 10.1. The van der Waals surface area contributed by atoms with Crippen molar-refractivity contribution in [3.63, 3.8) is 0 Å². The Bertz CT molecular complexity index is 1250. The summed E-state index contributed by atoms with van der Waals surface area (Å²) in [5.74, 6) is 0.911. The highest BCUT2D eigenvalue weighted by atomic mass is 16.5. The quantitative estimate of drug-likeness (QED) is 0.461. The molecule has 156 valence electrons. The monoisotopic (exact) mass is 413 g/mol. The number of primary amides is 1. The molecule has 1 aliphatic rings. The van der Waals surface area contributed by atoms with Gasteiger partial charge in [0, 0.05) is 41.2 Å². The number of hydrogen-bond acceptors (Lipinski definition) is 5. The Morgan fingerprint density at radius 3 is 2.81 bits per heavy atom. The molecule has 0 unspecified atom stereocenters. The van der Waals surface area contributed by atoms with E-state index in [4.69, 9.17) is 20.4 Å². The first-order chi connectivity index (χ1) is 15.2. The third-order valence-electron chi connectivity index (χ3n) is 5.57. The highest BCUT2D eigenvalue weighted by molar-refractivity contribution is 6.09. The Balaban J connectivity index is 1.59. The fraction of sp³-hybridized carbons (Fsp3) is 0.208. The fourth-order valence-electron chi connectivity index (χ4n) is 4.01. The van der Waals surface area contributed by atoms with Gasteiger partial charge < -0.3 is 20.8 Å². The zero-order chi connectivity index (χ0) is 21.2. The number of hydrogen-bond donors (Lipinski definition) is 3. The summed E-state index contributed by atoms with van der Waals surface area (Å²) >= 11 is 0. The normalized spacial score (nSPS) is 13.5. The molecule has 5 rings (SSSR count). The van der Waals surface area contributed by atoms with Crippen LogP contribution in [-0.2, 0) is 24.3 Å². The number of nitrogens with one attached hydrogen (secondary N) is 2. The van der Waals surface area contributed by atoms with Gasteiger partial charge in [0.15, 0.2) is 5.82 Å². The maximum atomic E-state index is 11.8. The summed E-state index contributed by atoms with van der Waals surface area (Å²) in [4.78, 5) is 24.8. The Hall–Kier alpha value is -3.71. The van der Waals surface area contributed by atoms with Crippen LogP contribution >= 0.6 is 0 Å². The number of benzene rings is 2. The van der Waals surface area contributed by atoms with Crippen LogP contribution in [0.1, 0.15) is 33.6 Å². The number of nitrogens with two attached hydrogens (primary N) is 1. The number of aryl methyl sites for hydroxylation is 1. The number of aromatic amines is 1. The molecule has 0 atom stereocenters. The van der Waals surface area contributed by atoms with Crippen molar-refractivity contribution in [3.05, 3.63) is 77.1 Å². The second-order valence-corrected chi connectivity index (χ2v) is 7.61. The number of aromatic nitrogens is 3. The smallest absolute Gasteiger partial charge is 0.249 e. The first-order valence-electron chi connectivity index (χ1n) is 10.4. The lowest BCUT2D eigenvalue weighted by molar-refractivity contribution is 0.100. The second kappa shape index (κ2) is 8.20. The standard InChI is InChI=1S/C24H23N5O2/c25-22(30)17-9-4-8-16-18(17)13-26-21(16)24-28-20-10-5-11-31-14-19(20)23(29-24)27-12-15-6-2-1-3-7-15/h1-4,6-9,13,26H,5,10-12,14H2,(H2,25,30)(H,27,28,29). The number of fused-ring (bicyclic) bond motifs is 2. The van der Waals surface area contributed by atoms with E-state index in [0.29, 0.717) is 31.1 Å². The molecule has 3 heterocycles. The number of carbonyl (C=O) groups excluding carboxylic acids is 1. The number of rotatable bonds is 5. The van der Waals surface area contributed by atoms with E-state index in [-0.39, 0.29) is 0 Å². The van der Waals surface area contributed by atoms with Crippen molar-refractivity contribution >= 4 is 22.5 Å². The van der Waals surface area contributed by atoms with Crippen molar-refractivity contribution in [1.29, 1.82) is 0 Å². The molecular weight excluding hydrogens is 390 g/mol. The minimum Gasteiger partial charge on any atom is -0.377 e. The van der Waals surface area contributed by atoms with Crippen LogP contribution in [0.4, 0.5) is 5.82 Å². The van der Waals surface area contributed by atoms with E-state index in [2.05, 4.69) is 22.4 Å². The number of H-pyrrole nitrogens is 1. The van der Waals surface area contributed by atoms with E-state index >= 15 is 0 Å². The zero-order valence-corrected chi connectivity index (χ0v) is 17.0. The van der Waals surface area contributed by atoms with E-state index in [1.54, 1.807) is 12.3 Å². The minimum absolute atomic E-state index is 0.457. The number of carbonyl (C=O) groups is 1. The summed E-state index contributed by atoms with van der Waals surface area (Å²) in [6, 6.07) is 15.7. The predicted molar refractivity (Wildman–Crippen MR) is 120 cm³/mol. The largest absolute Gasteiger partial charge is 0.377 e. The molecule has 0 bridgehead atoms. The van der Waals surface area contributed by atoms with Crippen LogP contribution in [0.3, 0.4) is 0 Å². The third-order valence-corrected chi connectivity index (χ3v) is 5.57. The second-order valence-electron chi connectivity index (χ2n) is 7.61. The van der Waals surface area contributed by atoms with Gasteiger partial charge in [0.1, 0.15) is 5.82 Å². The molecule has 1 aliphatic heterocycles. The van der Waals surface area contributed by atoms with Gasteiger partial charge in [-0.25, -0.2) is 9.97 Å². The average molecular weight is 413 g/mol. The third kappa shape index (κ3) is 3.75. The highest BCUT2D eigenvalue weighted by Gasteiger charge is 2.20. The Morgan fingerprint density at radius 2 is 1.97 bits per heavy atom. The lowest BCUT2D eigenvalue weighted by Crippen LogP contribution is -2.11. The van der Waals surface area contributed by atoms with Crippen LogP contribution in [0.25, 0.3) is 22.3 Å². The summed E-state index contributed by atoms with van der Waals surface area (Å²) in [5, 5.41) is 5.12. The van der Waals surface area contributed by atoms with Gasteiger partial charge in [0.05, 0.1) is 18.0 Å². The van der Waals surface area contributed by atoms with Crippen molar-refractivity contribution in [2.75, 3.05) is 11.9 Å². The molecule has 4 aromatic rings.